The van der Waals surface area contributed by atoms with Crippen LogP contribution in [-0.2, 0) is 0 Å². The SMILES string of the molecule is CC1CCC(C2CCCS2)CC1. The molecule has 0 aromatic carbocycles. The largest absolute Gasteiger partial charge is 0.158 e. The Bertz CT molecular complexity index is 130. The van der Waals surface area contributed by atoms with Crippen LogP contribution in [0, 0.1) is 11.8 Å². The minimum absolute atomic E-state index is 1.02. The molecule has 0 aromatic rings. The second-order valence-corrected chi connectivity index (χ2v) is 5.92. The maximum absolute atomic E-state index is 2.41. The number of hydrogen-bond donors (Lipinski definition) is 0. The van der Waals surface area contributed by atoms with Crippen molar-refractivity contribution in [3.8, 4) is 0 Å². The average molecular weight is 184 g/mol. The van der Waals surface area contributed by atoms with Crippen LogP contribution in [0.3, 0.4) is 0 Å². The van der Waals surface area contributed by atoms with Crippen molar-refractivity contribution in [1.29, 1.82) is 0 Å². The summed E-state index contributed by atoms with van der Waals surface area (Å²) in [6, 6.07) is 0. The summed E-state index contributed by atoms with van der Waals surface area (Å²) in [6.45, 7) is 2.41. The first-order valence-electron chi connectivity index (χ1n) is 5.48. The zero-order valence-corrected chi connectivity index (χ0v) is 8.91. The van der Waals surface area contributed by atoms with Gasteiger partial charge in [0.15, 0.2) is 0 Å². The van der Waals surface area contributed by atoms with Crippen LogP contribution in [-0.4, -0.2) is 11.0 Å². The zero-order valence-electron chi connectivity index (χ0n) is 8.09. The van der Waals surface area contributed by atoms with Crippen molar-refractivity contribution in [2.45, 2.75) is 50.7 Å². The molecule has 1 atom stereocenters. The summed E-state index contributed by atoms with van der Waals surface area (Å²) in [4.78, 5) is 0. The van der Waals surface area contributed by atoms with Crippen LogP contribution in [0.4, 0.5) is 0 Å². The van der Waals surface area contributed by atoms with E-state index in [2.05, 4.69) is 18.7 Å². The third kappa shape index (κ3) is 1.99. The molecule has 0 aromatic heterocycles. The third-order valence-corrected chi connectivity index (χ3v) is 5.12. The lowest BCUT2D eigenvalue weighted by Gasteiger charge is -2.29. The highest BCUT2D eigenvalue weighted by molar-refractivity contribution is 8.00. The molecule has 1 heteroatoms. The first-order valence-corrected chi connectivity index (χ1v) is 6.53. The highest BCUT2D eigenvalue weighted by Gasteiger charge is 2.28. The minimum atomic E-state index is 1.02. The molecule has 1 heterocycles. The van der Waals surface area contributed by atoms with Gasteiger partial charge in [0.05, 0.1) is 0 Å². The van der Waals surface area contributed by atoms with E-state index < -0.39 is 0 Å². The van der Waals surface area contributed by atoms with Crippen molar-refractivity contribution in [1.82, 2.24) is 0 Å². The Kier molecular flexibility index (Phi) is 3.00. The molecular formula is C11H20S. The molecular weight excluding hydrogens is 164 g/mol. The van der Waals surface area contributed by atoms with Crippen LogP contribution in [0.5, 0.6) is 0 Å². The molecule has 12 heavy (non-hydrogen) atoms. The van der Waals surface area contributed by atoms with Gasteiger partial charge >= 0.3 is 0 Å². The van der Waals surface area contributed by atoms with Crippen molar-refractivity contribution in [3.05, 3.63) is 0 Å². The Balaban J connectivity index is 1.80. The summed E-state index contributed by atoms with van der Waals surface area (Å²) >= 11 is 2.25. The molecule has 2 rings (SSSR count). The Labute approximate surface area is 80.5 Å². The molecule has 0 amide bonds. The summed E-state index contributed by atoms with van der Waals surface area (Å²) in [6.07, 6.45) is 9.06. The monoisotopic (exact) mass is 184 g/mol. The van der Waals surface area contributed by atoms with E-state index in [1.54, 1.807) is 0 Å². The lowest BCUT2D eigenvalue weighted by atomic mass is 9.80. The van der Waals surface area contributed by atoms with E-state index in [-0.39, 0.29) is 0 Å². The summed E-state index contributed by atoms with van der Waals surface area (Å²) in [5, 5.41) is 1.05. The van der Waals surface area contributed by atoms with Crippen molar-refractivity contribution < 1.29 is 0 Å². The number of thioether (sulfide) groups is 1. The third-order valence-electron chi connectivity index (χ3n) is 3.55. The number of hydrogen-bond acceptors (Lipinski definition) is 1. The van der Waals surface area contributed by atoms with Crippen LogP contribution in [0.1, 0.15) is 45.4 Å². The zero-order chi connectivity index (χ0) is 8.39. The topological polar surface area (TPSA) is 0 Å². The Morgan fingerprint density at radius 1 is 1.00 bits per heavy atom. The molecule has 1 aliphatic heterocycles. The standard InChI is InChI=1S/C11H20S/c1-9-4-6-10(7-5-9)11-3-2-8-12-11/h9-11H,2-8H2,1H3. The van der Waals surface area contributed by atoms with Gasteiger partial charge in [-0.3, -0.25) is 0 Å². The molecule has 0 spiro atoms. The van der Waals surface area contributed by atoms with E-state index in [1.807, 2.05) is 0 Å². The van der Waals surface area contributed by atoms with Crippen molar-refractivity contribution >= 4 is 11.8 Å². The predicted octanol–water partition coefficient (Wildman–Crippen LogP) is 3.71. The van der Waals surface area contributed by atoms with Gasteiger partial charge in [-0.1, -0.05) is 19.8 Å². The van der Waals surface area contributed by atoms with Gasteiger partial charge in [-0.05, 0) is 43.3 Å². The first kappa shape index (κ1) is 8.93. The van der Waals surface area contributed by atoms with Gasteiger partial charge in [0.2, 0.25) is 0 Å². The van der Waals surface area contributed by atoms with Gasteiger partial charge in [0.1, 0.15) is 0 Å². The maximum atomic E-state index is 2.41. The van der Waals surface area contributed by atoms with Gasteiger partial charge in [-0.2, -0.15) is 11.8 Å². The second kappa shape index (κ2) is 4.04. The normalized spacial score (nSPS) is 43.2. The van der Waals surface area contributed by atoms with Gasteiger partial charge < -0.3 is 0 Å². The van der Waals surface area contributed by atoms with Crippen molar-refractivity contribution in [3.63, 3.8) is 0 Å². The molecule has 1 aliphatic carbocycles. The molecule has 0 bridgehead atoms. The molecule has 2 fully saturated rings. The second-order valence-electron chi connectivity index (χ2n) is 4.57. The smallest absolute Gasteiger partial charge is 0.00756 e. The molecule has 1 unspecified atom stereocenters. The van der Waals surface area contributed by atoms with Gasteiger partial charge in [0.25, 0.3) is 0 Å². The molecule has 0 N–H and O–H groups in total. The quantitative estimate of drug-likeness (QED) is 0.598. The van der Waals surface area contributed by atoms with Crippen LogP contribution in [0.15, 0.2) is 0 Å². The summed E-state index contributed by atoms with van der Waals surface area (Å²) < 4.78 is 0. The van der Waals surface area contributed by atoms with Crippen LogP contribution < -0.4 is 0 Å². The Morgan fingerprint density at radius 3 is 2.33 bits per heavy atom. The maximum Gasteiger partial charge on any atom is 0.00756 e. The summed E-state index contributed by atoms with van der Waals surface area (Å²) in [7, 11) is 0. The van der Waals surface area contributed by atoms with E-state index >= 15 is 0 Å². The minimum Gasteiger partial charge on any atom is -0.158 e. The first-order chi connectivity index (χ1) is 5.86. The Morgan fingerprint density at radius 2 is 1.75 bits per heavy atom. The van der Waals surface area contributed by atoms with E-state index in [9.17, 15) is 0 Å². The van der Waals surface area contributed by atoms with Crippen molar-refractivity contribution in [2.75, 3.05) is 5.75 Å². The fourth-order valence-corrected chi connectivity index (χ4v) is 4.15. The molecule has 1 saturated heterocycles. The molecule has 0 radical (unpaired) electrons. The van der Waals surface area contributed by atoms with Crippen LogP contribution >= 0.6 is 11.8 Å². The van der Waals surface area contributed by atoms with Gasteiger partial charge in [-0.25, -0.2) is 0 Å². The Hall–Kier alpha value is 0.350. The predicted molar refractivity (Wildman–Crippen MR) is 56.6 cm³/mol. The highest BCUT2D eigenvalue weighted by Crippen LogP contribution is 2.40. The summed E-state index contributed by atoms with van der Waals surface area (Å²) in [5.74, 6) is 3.55. The van der Waals surface area contributed by atoms with E-state index in [1.165, 1.54) is 44.3 Å². The molecule has 2 aliphatic rings. The van der Waals surface area contributed by atoms with E-state index in [4.69, 9.17) is 0 Å². The highest BCUT2D eigenvalue weighted by atomic mass is 32.2. The fraction of sp³-hybridized carbons (Fsp3) is 1.00. The summed E-state index contributed by atoms with van der Waals surface area (Å²) in [5.41, 5.74) is 0. The fourth-order valence-electron chi connectivity index (χ4n) is 2.63. The van der Waals surface area contributed by atoms with Gasteiger partial charge in [0, 0.05) is 5.25 Å². The van der Waals surface area contributed by atoms with Crippen molar-refractivity contribution in [2.24, 2.45) is 11.8 Å². The molecule has 70 valence electrons. The lowest BCUT2D eigenvalue weighted by Crippen LogP contribution is -2.20. The molecule has 0 nitrogen and oxygen atoms in total. The van der Waals surface area contributed by atoms with E-state index in [0.29, 0.717) is 0 Å². The van der Waals surface area contributed by atoms with E-state index in [0.717, 1.165) is 17.1 Å². The van der Waals surface area contributed by atoms with Crippen LogP contribution in [0.25, 0.3) is 0 Å². The molecule has 1 saturated carbocycles. The number of rotatable bonds is 1. The lowest BCUT2D eigenvalue weighted by molar-refractivity contribution is 0.282. The van der Waals surface area contributed by atoms with Gasteiger partial charge in [-0.15, -0.1) is 0 Å². The average Bonchev–Trinajstić information content (AvgIpc) is 2.58. The van der Waals surface area contributed by atoms with Crippen LogP contribution in [0.2, 0.25) is 0 Å².